The summed E-state index contributed by atoms with van der Waals surface area (Å²) < 4.78 is 17.4. The lowest BCUT2D eigenvalue weighted by Gasteiger charge is -2.31. The summed E-state index contributed by atoms with van der Waals surface area (Å²) in [5.74, 6) is -1.44. The Bertz CT molecular complexity index is 951. The lowest BCUT2D eigenvalue weighted by molar-refractivity contribution is -0.887. The summed E-state index contributed by atoms with van der Waals surface area (Å²) in [6, 6.07) is -0.608. The van der Waals surface area contributed by atoms with Crippen LogP contribution in [0, 0.1) is 0 Å². The van der Waals surface area contributed by atoms with Gasteiger partial charge < -0.3 is 23.8 Å². The Morgan fingerprint density at radius 1 is 0.433 bits per heavy atom. The number of quaternary nitrogens is 1. The second kappa shape index (κ2) is 44.0. The van der Waals surface area contributed by atoms with E-state index in [2.05, 4.69) is 13.8 Å². The van der Waals surface area contributed by atoms with Gasteiger partial charge in [0, 0.05) is 19.3 Å². The molecule has 0 aromatic carbocycles. The normalized spacial score (nSPS) is 12.8. The Hall–Kier alpha value is -1.67. The van der Waals surface area contributed by atoms with E-state index in [0.29, 0.717) is 19.3 Å². The minimum atomic E-state index is -0.869. The van der Waals surface area contributed by atoms with Crippen LogP contribution in [-0.4, -0.2) is 80.6 Å². The number of nitrogens with zero attached hydrogens (tertiary/aromatic N) is 1. The van der Waals surface area contributed by atoms with Crippen LogP contribution in [-0.2, 0) is 28.6 Å². The highest BCUT2D eigenvalue weighted by atomic mass is 16.6. The number of hydrogen-bond donors (Lipinski definition) is 1. The maximum atomic E-state index is 12.8. The zero-order chi connectivity index (χ0) is 44.2. The summed E-state index contributed by atoms with van der Waals surface area (Å²) in [5, 5.41) is 9.65. The average Bonchev–Trinajstić information content (AvgIpc) is 3.21. The molecule has 8 heteroatoms. The quantitative estimate of drug-likeness (QED) is 0.0370. The molecule has 0 bridgehead atoms. The van der Waals surface area contributed by atoms with Gasteiger partial charge in [0.15, 0.2) is 12.1 Å². The van der Waals surface area contributed by atoms with Crippen LogP contribution in [0.4, 0.5) is 0 Å². The third kappa shape index (κ3) is 41.7. The maximum absolute atomic E-state index is 12.8. The van der Waals surface area contributed by atoms with Gasteiger partial charge in [0.1, 0.15) is 6.61 Å². The standard InChI is InChI=1S/C52H101NO7/c1-6-8-10-12-14-16-18-20-22-23-24-25-26-27-29-30-32-34-36-38-40-42-50(54)59-47-48(46-58-45-44-49(52(56)57)53(3,4)5)60-51(55)43-41-39-37-35-33-31-28-21-19-17-15-13-11-9-7-2/h48-49H,6-47H2,1-5H3/p+1. The summed E-state index contributed by atoms with van der Waals surface area (Å²) in [5.41, 5.74) is 0. The first kappa shape index (κ1) is 58.3. The zero-order valence-corrected chi connectivity index (χ0v) is 40.7. The first-order valence-electron chi connectivity index (χ1n) is 26.1. The molecule has 2 unspecified atom stereocenters. The molecule has 2 atom stereocenters. The summed E-state index contributed by atoms with van der Waals surface area (Å²) in [6.07, 6.45) is 47.2. The first-order valence-corrected chi connectivity index (χ1v) is 26.1. The van der Waals surface area contributed by atoms with Gasteiger partial charge in [0.25, 0.3) is 0 Å². The van der Waals surface area contributed by atoms with Crippen molar-refractivity contribution in [3.8, 4) is 0 Å². The van der Waals surface area contributed by atoms with Crippen LogP contribution in [0.2, 0.25) is 0 Å². The van der Waals surface area contributed by atoms with Gasteiger partial charge in [-0.05, 0) is 12.8 Å². The SMILES string of the molecule is CCCCCCCCCCCCCCCCCCCCCCCC(=O)OCC(COCCC(C(=O)O)[N+](C)(C)C)OC(=O)CCCCCCCCCCCCCCCCC. The molecule has 0 aliphatic carbocycles. The Balaban J connectivity index is 4.15. The van der Waals surface area contributed by atoms with Crippen LogP contribution in [0.15, 0.2) is 0 Å². The first-order chi connectivity index (χ1) is 29.1. The van der Waals surface area contributed by atoms with Gasteiger partial charge >= 0.3 is 17.9 Å². The molecule has 0 aromatic heterocycles. The third-order valence-corrected chi connectivity index (χ3v) is 12.3. The molecule has 0 saturated carbocycles. The molecule has 0 aromatic rings. The number of hydrogen-bond acceptors (Lipinski definition) is 6. The van der Waals surface area contributed by atoms with Crippen molar-refractivity contribution in [3.05, 3.63) is 0 Å². The van der Waals surface area contributed by atoms with Crippen LogP contribution in [0.25, 0.3) is 0 Å². The van der Waals surface area contributed by atoms with E-state index in [9.17, 15) is 19.5 Å². The molecule has 356 valence electrons. The van der Waals surface area contributed by atoms with Crippen molar-refractivity contribution < 1.29 is 38.2 Å². The number of esters is 2. The number of carbonyl (C=O) groups is 3. The fourth-order valence-electron chi connectivity index (χ4n) is 8.21. The monoisotopic (exact) mass is 853 g/mol. The fourth-order valence-corrected chi connectivity index (χ4v) is 8.21. The van der Waals surface area contributed by atoms with E-state index in [-0.39, 0.29) is 36.2 Å². The van der Waals surface area contributed by atoms with E-state index in [1.807, 2.05) is 21.1 Å². The molecular formula is C52H102NO7+. The predicted octanol–water partition coefficient (Wildman–Crippen LogP) is 14.9. The van der Waals surface area contributed by atoms with Crippen molar-refractivity contribution >= 4 is 17.9 Å². The molecule has 0 spiro atoms. The van der Waals surface area contributed by atoms with Crippen molar-refractivity contribution in [2.45, 2.75) is 276 Å². The van der Waals surface area contributed by atoms with Crippen LogP contribution in [0.3, 0.4) is 0 Å². The summed E-state index contributed by atoms with van der Waals surface area (Å²) >= 11 is 0. The molecule has 60 heavy (non-hydrogen) atoms. The summed E-state index contributed by atoms with van der Waals surface area (Å²) in [4.78, 5) is 37.1. The third-order valence-electron chi connectivity index (χ3n) is 12.3. The van der Waals surface area contributed by atoms with Gasteiger partial charge in [-0.15, -0.1) is 0 Å². The average molecular weight is 853 g/mol. The van der Waals surface area contributed by atoms with Crippen LogP contribution < -0.4 is 0 Å². The van der Waals surface area contributed by atoms with Gasteiger partial charge in [-0.25, -0.2) is 4.79 Å². The van der Waals surface area contributed by atoms with Crippen molar-refractivity contribution in [1.29, 1.82) is 0 Å². The van der Waals surface area contributed by atoms with E-state index < -0.39 is 18.1 Å². The Labute approximate surface area is 372 Å². The van der Waals surface area contributed by atoms with E-state index >= 15 is 0 Å². The Morgan fingerprint density at radius 3 is 1.03 bits per heavy atom. The summed E-state index contributed by atoms with van der Waals surface area (Å²) in [6.45, 7) is 4.80. The second-order valence-electron chi connectivity index (χ2n) is 19.1. The number of aliphatic carboxylic acids is 1. The molecule has 0 fully saturated rings. The molecule has 0 heterocycles. The molecule has 0 radical (unpaired) electrons. The molecule has 8 nitrogen and oxygen atoms in total. The lowest BCUT2D eigenvalue weighted by Crippen LogP contribution is -2.50. The van der Waals surface area contributed by atoms with Gasteiger partial charge in [-0.3, -0.25) is 9.59 Å². The maximum Gasteiger partial charge on any atom is 0.362 e. The number of carboxylic acids is 1. The number of carboxylic acid groups (broad SMARTS) is 1. The van der Waals surface area contributed by atoms with E-state index in [1.54, 1.807) is 0 Å². The smallest absolute Gasteiger partial charge is 0.362 e. The van der Waals surface area contributed by atoms with E-state index in [4.69, 9.17) is 14.2 Å². The highest BCUT2D eigenvalue weighted by Gasteiger charge is 2.31. The van der Waals surface area contributed by atoms with Crippen LogP contribution in [0.5, 0.6) is 0 Å². The molecule has 0 aliphatic heterocycles. The van der Waals surface area contributed by atoms with E-state index in [0.717, 1.165) is 38.5 Å². The fraction of sp³-hybridized carbons (Fsp3) is 0.942. The molecule has 0 saturated heterocycles. The highest BCUT2D eigenvalue weighted by Crippen LogP contribution is 2.17. The number of carbonyl (C=O) groups excluding carboxylic acids is 2. The molecule has 0 rings (SSSR count). The molecule has 1 N–H and O–H groups in total. The van der Waals surface area contributed by atoms with Gasteiger partial charge in [0.2, 0.25) is 0 Å². The van der Waals surface area contributed by atoms with Crippen LogP contribution >= 0.6 is 0 Å². The zero-order valence-electron chi connectivity index (χ0n) is 40.7. The summed E-state index contributed by atoms with van der Waals surface area (Å²) in [7, 11) is 5.55. The van der Waals surface area contributed by atoms with Crippen LogP contribution in [0.1, 0.15) is 264 Å². The van der Waals surface area contributed by atoms with Crippen molar-refractivity contribution in [2.24, 2.45) is 0 Å². The Kier molecular flexibility index (Phi) is 42.7. The molecule has 0 aliphatic rings. The van der Waals surface area contributed by atoms with Crippen molar-refractivity contribution in [3.63, 3.8) is 0 Å². The highest BCUT2D eigenvalue weighted by molar-refractivity contribution is 5.72. The minimum Gasteiger partial charge on any atom is -0.477 e. The lowest BCUT2D eigenvalue weighted by atomic mass is 10.0. The van der Waals surface area contributed by atoms with Gasteiger partial charge in [0.05, 0.1) is 34.4 Å². The van der Waals surface area contributed by atoms with E-state index in [1.165, 1.54) is 193 Å². The van der Waals surface area contributed by atoms with Gasteiger partial charge in [-0.1, -0.05) is 232 Å². The Morgan fingerprint density at radius 2 is 0.733 bits per heavy atom. The minimum absolute atomic E-state index is 0.0413. The molecular weight excluding hydrogens is 751 g/mol. The topological polar surface area (TPSA) is 99.1 Å². The van der Waals surface area contributed by atoms with Crippen molar-refractivity contribution in [2.75, 3.05) is 41.0 Å². The molecule has 0 amide bonds. The number of rotatable bonds is 48. The number of likely N-dealkylation sites (N-methyl/N-ethyl adjacent to an activating group) is 1. The predicted molar refractivity (Wildman–Crippen MR) is 253 cm³/mol. The largest absolute Gasteiger partial charge is 0.477 e. The van der Waals surface area contributed by atoms with Gasteiger partial charge in [-0.2, -0.15) is 0 Å². The van der Waals surface area contributed by atoms with Crippen molar-refractivity contribution in [1.82, 2.24) is 0 Å². The second-order valence-corrected chi connectivity index (χ2v) is 19.1. The number of unbranched alkanes of at least 4 members (excludes halogenated alkanes) is 34. The number of ether oxygens (including phenoxy) is 3.